The second-order valence-corrected chi connectivity index (χ2v) is 7.66. The van der Waals surface area contributed by atoms with E-state index < -0.39 is 0 Å². The van der Waals surface area contributed by atoms with E-state index in [4.69, 9.17) is 16.3 Å². The molecular weight excluding hydrogens is 360 g/mol. The molecule has 136 valence electrons. The standard InChI is InChI=1S/C18H23ClN2O3S/c1-2-24-17-13(6-5-7-14(17)19)10-16(22)21-12-25-11-15(21)18(23)20-8-3-4-9-20/h5-7,15H,2-4,8-12H2,1H3. The van der Waals surface area contributed by atoms with Gasteiger partial charge in [0.05, 0.1) is 23.9 Å². The van der Waals surface area contributed by atoms with Crippen molar-refractivity contribution in [2.24, 2.45) is 0 Å². The van der Waals surface area contributed by atoms with Gasteiger partial charge in [-0.05, 0) is 25.8 Å². The van der Waals surface area contributed by atoms with Crippen LogP contribution >= 0.6 is 23.4 Å². The lowest BCUT2D eigenvalue weighted by atomic mass is 10.1. The largest absolute Gasteiger partial charge is 0.492 e. The number of halogens is 1. The molecule has 1 atom stereocenters. The summed E-state index contributed by atoms with van der Waals surface area (Å²) in [4.78, 5) is 29.2. The average Bonchev–Trinajstić information content (AvgIpc) is 3.29. The molecule has 3 rings (SSSR count). The second kappa shape index (κ2) is 8.32. The summed E-state index contributed by atoms with van der Waals surface area (Å²) >= 11 is 7.84. The average molecular weight is 383 g/mol. The Kier molecular flexibility index (Phi) is 6.12. The number of nitrogens with zero attached hydrogens (tertiary/aromatic N) is 2. The molecule has 5 nitrogen and oxygen atoms in total. The molecule has 25 heavy (non-hydrogen) atoms. The zero-order valence-electron chi connectivity index (χ0n) is 14.4. The Labute approximate surface area is 157 Å². The summed E-state index contributed by atoms with van der Waals surface area (Å²) in [6, 6.07) is 5.09. The highest BCUT2D eigenvalue weighted by molar-refractivity contribution is 7.99. The molecule has 0 aromatic heterocycles. The van der Waals surface area contributed by atoms with Crippen LogP contribution in [-0.4, -0.2) is 59.0 Å². The summed E-state index contributed by atoms with van der Waals surface area (Å²) in [5.41, 5.74) is 0.767. The van der Waals surface area contributed by atoms with Crippen molar-refractivity contribution in [1.29, 1.82) is 0 Å². The second-order valence-electron chi connectivity index (χ2n) is 6.25. The van der Waals surface area contributed by atoms with Crippen molar-refractivity contribution in [3.63, 3.8) is 0 Å². The summed E-state index contributed by atoms with van der Waals surface area (Å²) in [7, 11) is 0. The van der Waals surface area contributed by atoms with Crippen LogP contribution in [-0.2, 0) is 16.0 Å². The van der Waals surface area contributed by atoms with E-state index >= 15 is 0 Å². The van der Waals surface area contributed by atoms with Gasteiger partial charge in [0.2, 0.25) is 11.8 Å². The summed E-state index contributed by atoms with van der Waals surface area (Å²) in [5.74, 6) is 1.84. The number of likely N-dealkylation sites (tertiary alicyclic amines) is 1. The molecule has 2 saturated heterocycles. The molecule has 2 heterocycles. The van der Waals surface area contributed by atoms with Crippen molar-refractivity contribution < 1.29 is 14.3 Å². The minimum Gasteiger partial charge on any atom is -0.492 e. The summed E-state index contributed by atoms with van der Waals surface area (Å²) < 4.78 is 5.60. The third-order valence-electron chi connectivity index (χ3n) is 4.58. The van der Waals surface area contributed by atoms with E-state index in [2.05, 4.69) is 0 Å². The van der Waals surface area contributed by atoms with Crippen LogP contribution in [0.15, 0.2) is 18.2 Å². The maximum atomic E-state index is 12.9. The Balaban J connectivity index is 1.72. The smallest absolute Gasteiger partial charge is 0.246 e. The van der Waals surface area contributed by atoms with Crippen molar-refractivity contribution in [2.45, 2.75) is 32.2 Å². The monoisotopic (exact) mass is 382 g/mol. The lowest BCUT2D eigenvalue weighted by molar-refractivity contribution is -0.142. The number of thioether (sulfide) groups is 1. The van der Waals surface area contributed by atoms with Gasteiger partial charge in [-0.2, -0.15) is 0 Å². The van der Waals surface area contributed by atoms with E-state index in [0.29, 0.717) is 29.0 Å². The van der Waals surface area contributed by atoms with Gasteiger partial charge in [0, 0.05) is 24.4 Å². The molecule has 2 fully saturated rings. The van der Waals surface area contributed by atoms with Gasteiger partial charge in [-0.25, -0.2) is 0 Å². The molecule has 7 heteroatoms. The van der Waals surface area contributed by atoms with Gasteiger partial charge in [-0.15, -0.1) is 11.8 Å². The molecule has 0 radical (unpaired) electrons. The quantitative estimate of drug-likeness (QED) is 0.785. The number of rotatable bonds is 5. The van der Waals surface area contributed by atoms with Crippen LogP contribution in [0, 0.1) is 0 Å². The zero-order chi connectivity index (χ0) is 17.8. The van der Waals surface area contributed by atoms with Gasteiger partial charge < -0.3 is 14.5 Å². The van der Waals surface area contributed by atoms with Crippen molar-refractivity contribution in [2.75, 3.05) is 31.3 Å². The summed E-state index contributed by atoms with van der Waals surface area (Å²) in [5, 5.41) is 0.507. The molecule has 1 aromatic rings. The Morgan fingerprint density at radius 1 is 1.32 bits per heavy atom. The lowest BCUT2D eigenvalue weighted by Gasteiger charge is -2.27. The number of hydrogen-bond acceptors (Lipinski definition) is 4. The first-order chi connectivity index (χ1) is 12.1. The SMILES string of the molecule is CCOc1c(Cl)cccc1CC(=O)N1CSCC1C(=O)N1CCCC1. The van der Waals surface area contributed by atoms with Crippen LogP contribution < -0.4 is 4.74 Å². The van der Waals surface area contributed by atoms with E-state index in [0.717, 1.165) is 31.5 Å². The lowest BCUT2D eigenvalue weighted by Crippen LogP contribution is -2.48. The highest BCUT2D eigenvalue weighted by Crippen LogP contribution is 2.31. The first-order valence-corrected chi connectivity index (χ1v) is 10.2. The molecular formula is C18H23ClN2O3S. The van der Waals surface area contributed by atoms with Crippen LogP contribution in [0.25, 0.3) is 0 Å². The zero-order valence-corrected chi connectivity index (χ0v) is 15.9. The van der Waals surface area contributed by atoms with E-state index in [1.54, 1.807) is 22.7 Å². The van der Waals surface area contributed by atoms with Crippen LogP contribution in [0.4, 0.5) is 0 Å². The summed E-state index contributed by atoms with van der Waals surface area (Å²) in [6.45, 7) is 3.99. The fourth-order valence-electron chi connectivity index (χ4n) is 3.30. The number of hydrogen-bond donors (Lipinski definition) is 0. The van der Waals surface area contributed by atoms with Crippen molar-refractivity contribution in [3.8, 4) is 5.75 Å². The fourth-order valence-corrected chi connectivity index (χ4v) is 4.72. The predicted molar refractivity (Wildman–Crippen MR) is 100 cm³/mol. The van der Waals surface area contributed by atoms with E-state index in [9.17, 15) is 9.59 Å². The maximum absolute atomic E-state index is 12.9. The van der Waals surface area contributed by atoms with Gasteiger partial charge in [0.1, 0.15) is 11.8 Å². The van der Waals surface area contributed by atoms with E-state index in [1.807, 2.05) is 24.0 Å². The Bertz CT molecular complexity index is 649. The van der Waals surface area contributed by atoms with Gasteiger partial charge in [-0.1, -0.05) is 23.7 Å². The van der Waals surface area contributed by atoms with E-state index in [1.165, 1.54) is 0 Å². The number of carbonyl (C=O) groups is 2. The topological polar surface area (TPSA) is 49.9 Å². The highest BCUT2D eigenvalue weighted by Gasteiger charge is 2.37. The number of benzene rings is 1. The van der Waals surface area contributed by atoms with Crippen molar-refractivity contribution in [3.05, 3.63) is 28.8 Å². The van der Waals surface area contributed by atoms with Crippen LogP contribution in [0.5, 0.6) is 5.75 Å². The molecule has 0 bridgehead atoms. The number of para-hydroxylation sites is 1. The number of ether oxygens (including phenoxy) is 1. The highest BCUT2D eigenvalue weighted by atomic mass is 35.5. The number of amides is 2. The third kappa shape index (κ3) is 4.06. The van der Waals surface area contributed by atoms with Crippen molar-refractivity contribution >= 4 is 35.2 Å². The Morgan fingerprint density at radius 3 is 2.80 bits per heavy atom. The fraction of sp³-hybridized carbons (Fsp3) is 0.556. The molecule has 2 amide bonds. The molecule has 0 aliphatic carbocycles. The van der Waals surface area contributed by atoms with Crippen LogP contribution in [0.2, 0.25) is 5.02 Å². The first kappa shape index (κ1) is 18.4. The minimum atomic E-state index is -0.342. The van der Waals surface area contributed by atoms with Crippen molar-refractivity contribution in [1.82, 2.24) is 9.80 Å². The maximum Gasteiger partial charge on any atom is 0.246 e. The van der Waals surface area contributed by atoms with Gasteiger partial charge in [-0.3, -0.25) is 9.59 Å². The first-order valence-electron chi connectivity index (χ1n) is 8.68. The van der Waals surface area contributed by atoms with Crippen LogP contribution in [0.1, 0.15) is 25.3 Å². The Morgan fingerprint density at radius 2 is 2.08 bits per heavy atom. The molecule has 2 aliphatic rings. The normalized spacial score (nSPS) is 20.2. The van der Waals surface area contributed by atoms with Gasteiger partial charge in [0.25, 0.3) is 0 Å². The molecule has 1 aromatic carbocycles. The van der Waals surface area contributed by atoms with E-state index in [-0.39, 0.29) is 24.3 Å². The predicted octanol–water partition coefficient (Wildman–Crippen LogP) is 2.81. The van der Waals surface area contributed by atoms with Gasteiger partial charge >= 0.3 is 0 Å². The molecule has 1 unspecified atom stereocenters. The molecule has 0 spiro atoms. The Hall–Kier alpha value is -1.40. The molecule has 0 saturated carbocycles. The number of carbonyl (C=O) groups excluding carboxylic acids is 2. The van der Waals surface area contributed by atoms with Crippen LogP contribution in [0.3, 0.4) is 0 Å². The third-order valence-corrected chi connectivity index (χ3v) is 5.89. The molecule has 2 aliphatic heterocycles. The summed E-state index contributed by atoms with van der Waals surface area (Å²) in [6.07, 6.45) is 2.31. The molecule has 0 N–H and O–H groups in total. The van der Waals surface area contributed by atoms with Gasteiger partial charge in [0.15, 0.2) is 0 Å². The minimum absolute atomic E-state index is 0.0502.